The molecule has 1 aromatic carbocycles. The lowest BCUT2D eigenvalue weighted by Gasteiger charge is -2.37. The maximum absolute atomic E-state index is 13.0. The van der Waals surface area contributed by atoms with Gasteiger partial charge in [0, 0.05) is 31.5 Å². The average Bonchev–Trinajstić information content (AvgIpc) is 3.27. The van der Waals surface area contributed by atoms with Gasteiger partial charge in [0.2, 0.25) is 10.0 Å². The van der Waals surface area contributed by atoms with E-state index in [0.717, 1.165) is 16.9 Å². The number of methoxy groups -OCH3 is 1. The zero-order valence-electron chi connectivity index (χ0n) is 14.5. The number of hydrogen-bond acceptors (Lipinski definition) is 7. The molecule has 0 N–H and O–H groups in total. The molecule has 1 saturated heterocycles. The van der Waals surface area contributed by atoms with Crippen molar-refractivity contribution < 1.29 is 27.5 Å². The molecule has 2 aliphatic heterocycles. The first kappa shape index (κ1) is 18.1. The highest BCUT2D eigenvalue weighted by Crippen LogP contribution is 2.44. The van der Waals surface area contributed by atoms with E-state index >= 15 is 0 Å². The molecule has 0 aliphatic carbocycles. The molecule has 0 saturated carbocycles. The molecule has 1 fully saturated rings. The summed E-state index contributed by atoms with van der Waals surface area (Å²) < 4.78 is 37.7. The van der Waals surface area contributed by atoms with Gasteiger partial charge < -0.3 is 9.47 Å². The Balaban J connectivity index is 1.59. The Bertz CT molecular complexity index is 1020. The van der Waals surface area contributed by atoms with Crippen molar-refractivity contribution in [1.29, 1.82) is 0 Å². The lowest BCUT2D eigenvalue weighted by molar-refractivity contribution is -0.0329. The minimum Gasteiger partial charge on any atom is -0.465 e. The van der Waals surface area contributed by atoms with E-state index in [-0.39, 0.29) is 28.8 Å². The van der Waals surface area contributed by atoms with E-state index in [0.29, 0.717) is 18.4 Å². The number of esters is 2. The first-order chi connectivity index (χ1) is 12.9. The van der Waals surface area contributed by atoms with E-state index in [1.807, 2.05) is 12.1 Å². The molecule has 0 amide bonds. The average molecular weight is 407 g/mol. The Kier molecular flexibility index (Phi) is 4.32. The van der Waals surface area contributed by atoms with Crippen LogP contribution in [0.4, 0.5) is 0 Å². The summed E-state index contributed by atoms with van der Waals surface area (Å²) in [5, 5.41) is 1.56. The van der Waals surface area contributed by atoms with E-state index in [1.54, 1.807) is 17.5 Å². The molecule has 2 aromatic rings. The van der Waals surface area contributed by atoms with Gasteiger partial charge in [-0.2, -0.15) is 4.31 Å². The Labute approximate surface area is 160 Å². The van der Waals surface area contributed by atoms with Crippen molar-refractivity contribution in [2.24, 2.45) is 0 Å². The monoisotopic (exact) mass is 407 g/mol. The van der Waals surface area contributed by atoms with Crippen LogP contribution in [0.1, 0.15) is 38.4 Å². The topological polar surface area (TPSA) is 90.0 Å². The predicted octanol–water partition coefficient (Wildman–Crippen LogP) is 2.39. The minimum absolute atomic E-state index is 0.0425. The van der Waals surface area contributed by atoms with Gasteiger partial charge in [-0.15, -0.1) is 11.3 Å². The Morgan fingerprint density at radius 3 is 2.63 bits per heavy atom. The molecule has 0 radical (unpaired) electrons. The fourth-order valence-electron chi connectivity index (χ4n) is 3.69. The van der Waals surface area contributed by atoms with E-state index in [1.165, 1.54) is 17.5 Å². The molecule has 3 heterocycles. The summed E-state index contributed by atoms with van der Waals surface area (Å²) in [5.41, 5.74) is 0.580. The van der Waals surface area contributed by atoms with Gasteiger partial charge >= 0.3 is 11.9 Å². The smallest absolute Gasteiger partial charge is 0.349 e. The number of carbonyl (C=O) groups excluding carboxylic acids is 2. The molecule has 7 nitrogen and oxygen atoms in total. The zero-order valence-corrected chi connectivity index (χ0v) is 16.1. The van der Waals surface area contributed by atoms with Gasteiger partial charge in [0.05, 0.1) is 12.7 Å². The number of rotatable bonds is 3. The lowest BCUT2D eigenvalue weighted by atomic mass is 9.84. The molecule has 0 unspecified atom stereocenters. The fourth-order valence-corrected chi connectivity index (χ4v) is 6.44. The Morgan fingerprint density at radius 2 is 1.93 bits per heavy atom. The summed E-state index contributed by atoms with van der Waals surface area (Å²) in [6, 6.07) is 8.63. The number of benzene rings is 1. The third kappa shape index (κ3) is 2.77. The van der Waals surface area contributed by atoms with Gasteiger partial charge in [0.1, 0.15) is 15.4 Å². The molecule has 27 heavy (non-hydrogen) atoms. The molecule has 9 heteroatoms. The number of fused-ring (bicyclic) bond motifs is 2. The highest BCUT2D eigenvalue weighted by molar-refractivity contribution is 7.89. The van der Waals surface area contributed by atoms with Gasteiger partial charge in [-0.3, -0.25) is 0 Å². The summed E-state index contributed by atoms with van der Waals surface area (Å²) in [5.74, 6) is -1.04. The van der Waals surface area contributed by atoms with Crippen LogP contribution in [0, 0.1) is 0 Å². The van der Waals surface area contributed by atoms with Crippen LogP contribution >= 0.6 is 11.3 Å². The summed E-state index contributed by atoms with van der Waals surface area (Å²) >= 11 is 1.03. The molecular weight excluding hydrogens is 390 g/mol. The molecule has 2 aliphatic rings. The number of carbonyl (C=O) groups is 2. The van der Waals surface area contributed by atoms with Crippen LogP contribution in [0.3, 0.4) is 0 Å². The largest absolute Gasteiger partial charge is 0.465 e. The summed E-state index contributed by atoms with van der Waals surface area (Å²) in [6.45, 7) is 0.390. The number of piperidine rings is 1. The van der Waals surface area contributed by atoms with Crippen LogP contribution in [0.5, 0.6) is 0 Å². The highest BCUT2D eigenvalue weighted by Gasteiger charge is 2.49. The van der Waals surface area contributed by atoms with Crippen LogP contribution in [-0.4, -0.2) is 44.9 Å². The van der Waals surface area contributed by atoms with E-state index in [2.05, 4.69) is 4.74 Å². The maximum Gasteiger partial charge on any atom is 0.349 e. The summed E-state index contributed by atoms with van der Waals surface area (Å²) in [4.78, 5) is 24.0. The SMILES string of the molecule is COC(=O)c1sccc1S(=O)(=O)N1CCC2(CC1)OC(=O)c1ccccc12. The molecule has 1 aromatic heterocycles. The third-order valence-electron chi connectivity index (χ3n) is 5.07. The normalized spacial score (nSPS) is 18.9. The van der Waals surface area contributed by atoms with E-state index < -0.39 is 21.6 Å². The van der Waals surface area contributed by atoms with Crippen molar-refractivity contribution >= 4 is 33.3 Å². The first-order valence-corrected chi connectivity index (χ1v) is 10.7. The highest BCUT2D eigenvalue weighted by atomic mass is 32.2. The van der Waals surface area contributed by atoms with Crippen LogP contribution in [0.15, 0.2) is 40.6 Å². The van der Waals surface area contributed by atoms with Crippen LogP contribution in [0.2, 0.25) is 0 Å². The number of hydrogen-bond donors (Lipinski definition) is 0. The van der Waals surface area contributed by atoms with Crippen molar-refractivity contribution in [2.45, 2.75) is 23.3 Å². The Hall–Kier alpha value is -2.23. The molecule has 0 bridgehead atoms. The number of sulfonamides is 1. The van der Waals surface area contributed by atoms with Crippen LogP contribution < -0.4 is 0 Å². The summed E-state index contributed by atoms with van der Waals surface area (Å²) in [6.07, 6.45) is 0.735. The number of thiophene rings is 1. The van der Waals surface area contributed by atoms with Crippen molar-refractivity contribution in [3.05, 3.63) is 51.7 Å². The maximum atomic E-state index is 13.0. The second-order valence-electron chi connectivity index (χ2n) is 6.44. The van der Waals surface area contributed by atoms with Crippen molar-refractivity contribution in [3.63, 3.8) is 0 Å². The second-order valence-corrected chi connectivity index (χ2v) is 9.26. The molecule has 1 spiro atoms. The van der Waals surface area contributed by atoms with Crippen molar-refractivity contribution in [1.82, 2.24) is 4.31 Å². The number of ether oxygens (including phenoxy) is 2. The molecule has 4 rings (SSSR count). The van der Waals surface area contributed by atoms with Gasteiger partial charge in [0.15, 0.2) is 0 Å². The Morgan fingerprint density at radius 1 is 1.22 bits per heavy atom. The number of nitrogens with zero attached hydrogens (tertiary/aromatic N) is 1. The zero-order chi connectivity index (χ0) is 19.2. The second kappa shape index (κ2) is 6.43. The van der Waals surface area contributed by atoms with Crippen LogP contribution in [-0.2, 0) is 25.1 Å². The van der Waals surface area contributed by atoms with E-state index in [4.69, 9.17) is 4.74 Å². The van der Waals surface area contributed by atoms with Crippen molar-refractivity contribution in [3.8, 4) is 0 Å². The van der Waals surface area contributed by atoms with Gasteiger partial charge in [0.25, 0.3) is 0 Å². The fraction of sp³-hybridized carbons (Fsp3) is 0.333. The molecule has 0 atom stereocenters. The minimum atomic E-state index is -3.84. The first-order valence-electron chi connectivity index (χ1n) is 8.38. The van der Waals surface area contributed by atoms with Gasteiger partial charge in [-0.05, 0) is 17.5 Å². The van der Waals surface area contributed by atoms with Gasteiger partial charge in [-0.1, -0.05) is 18.2 Å². The van der Waals surface area contributed by atoms with Crippen LogP contribution in [0.25, 0.3) is 0 Å². The third-order valence-corrected chi connectivity index (χ3v) is 8.04. The molecule has 142 valence electrons. The van der Waals surface area contributed by atoms with Crippen molar-refractivity contribution in [2.75, 3.05) is 20.2 Å². The molecular formula is C18H17NO6S2. The quantitative estimate of drug-likeness (QED) is 0.726. The standard InChI is InChI=1S/C18H17NO6S2/c1-24-17(21)15-14(6-11-26-15)27(22,23)19-9-7-18(8-10-19)13-5-3-2-4-12(13)16(20)25-18/h2-6,11H,7-10H2,1H3. The predicted molar refractivity (Wildman–Crippen MR) is 97.2 cm³/mol. The summed E-state index contributed by atoms with van der Waals surface area (Å²) in [7, 11) is -2.62. The lowest BCUT2D eigenvalue weighted by Crippen LogP contribution is -2.45. The van der Waals surface area contributed by atoms with E-state index in [9.17, 15) is 18.0 Å². The van der Waals surface area contributed by atoms with Gasteiger partial charge in [-0.25, -0.2) is 18.0 Å².